The number of carbonyl (C=O) groups excluding carboxylic acids is 1. The van der Waals surface area contributed by atoms with Gasteiger partial charge in [0.25, 0.3) is 0 Å². The van der Waals surface area contributed by atoms with E-state index in [0.29, 0.717) is 11.4 Å². The van der Waals surface area contributed by atoms with E-state index in [1.54, 1.807) is 6.07 Å². The lowest BCUT2D eigenvalue weighted by Gasteiger charge is -2.08. The van der Waals surface area contributed by atoms with Crippen LogP contribution >= 0.6 is 11.6 Å². The van der Waals surface area contributed by atoms with Crippen molar-refractivity contribution in [2.75, 3.05) is 17.2 Å². The van der Waals surface area contributed by atoms with Crippen LogP contribution in [-0.4, -0.2) is 20.9 Å². The van der Waals surface area contributed by atoms with Gasteiger partial charge in [-0.3, -0.25) is 4.79 Å². The van der Waals surface area contributed by atoms with Gasteiger partial charge in [0.1, 0.15) is 5.82 Å². The molecule has 0 aliphatic carbocycles. The van der Waals surface area contributed by atoms with Crippen molar-refractivity contribution < 1.29 is 17.6 Å². The first kappa shape index (κ1) is 17.2. The number of anilines is 2. The van der Waals surface area contributed by atoms with Crippen molar-refractivity contribution in [2.24, 2.45) is 5.14 Å². The number of halogens is 2. The van der Waals surface area contributed by atoms with Crippen molar-refractivity contribution in [3.05, 3.63) is 53.3 Å². The predicted molar refractivity (Wildman–Crippen MR) is 86.3 cm³/mol. The van der Waals surface area contributed by atoms with E-state index in [0.717, 1.165) is 0 Å². The molecule has 0 aliphatic heterocycles. The fourth-order valence-electron chi connectivity index (χ4n) is 1.72. The number of rotatable bonds is 5. The van der Waals surface area contributed by atoms with Crippen molar-refractivity contribution >= 4 is 38.9 Å². The zero-order valence-electron chi connectivity index (χ0n) is 11.7. The van der Waals surface area contributed by atoms with Gasteiger partial charge in [-0.2, -0.15) is 0 Å². The molecule has 4 N–H and O–H groups in total. The monoisotopic (exact) mass is 357 g/mol. The summed E-state index contributed by atoms with van der Waals surface area (Å²) in [5, 5.41) is 10.3. The van der Waals surface area contributed by atoms with E-state index in [2.05, 4.69) is 10.6 Å². The Bertz CT molecular complexity index is 826. The third-order valence-corrected chi connectivity index (χ3v) is 4.08. The van der Waals surface area contributed by atoms with E-state index in [-0.39, 0.29) is 22.4 Å². The minimum absolute atomic E-state index is 0.00468. The van der Waals surface area contributed by atoms with Gasteiger partial charge in [-0.1, -0.05) is 11.6 Å². The molecule has 0 aliphatic rings. The molecule has 2 aromatic carbocycles. The van der Waals surface area contributed by atoms with Crippen molar-refractivity contribution in [2.45, 2.75) is 4.90 Å². The molecule has 0 fully saturated rings. The zero-order valence-corrected chi connectivity index (χ0v) is 13.3. The average Bonchev–Trinajstić information content (AvgIpc) is 2.48. The van der Waals surface area contributed by atoms with Crippen molar-refractivity contribution in [3.8, 4) is 0 Å². The smallest absolute Gasteiger partial charge is 0.243 e. The quantitative estimate of drug-likeness (QED) is 0.763. The first-order valence-corrected chi connectivity index (χ1v) is 8.30. The number of benzene rings is 2. The molecule has 0 spiro atoms. The molecule has 0 saturated carbocycles. The molecular weight excluding hydrogens is 345 g/mol. The Morgan fingerprint density at radius 2 is 1.74 bits per heavy atom. The van der Waals surface area contributed by atoms with E-state index in [1.807, 2.05) is 0 Å². The highest BCUT2D eigenvalue weighted by molar-refractivity contribution is 7.89. The Kier molecular flexibility index (Phi) is 5.19. The fraction of sp³-hybridized carbons (Fsp3) is 0.0714. The zero-order chi connectivity index (χ0) is 17.0. The second-order valence-electron chi connectivity index (χ2n) is 4.60. The molecule has 0 heterocycles. The largest absolute Gasteiger partial charge is 0.376 e. The van der Waals surface area contributed by atoms with E-state index < -0.39 is 15.8 Å². The number of nitrogens with one attached hydrogen (secondary N) is 2. The summed E-state index contributed by atoms with van der Waals surface area (Å²) in [4.78, 5) is 11.7. The molecule has 0 aromatic heterocycles. The van der Waals surface area contributed by atoms with Crippen LogP contribution in [0.2, 0.25) is 5.02 Å². The number of hydrogen-bond acceptors (Lipinski definition) is 4. The van der Waals surface area contributed by atoms with Gasteiger partial charge in [-0.25, -0.2) is 17.9 Å². The second kappa shape index (κ2) is 6.95. The van der Waals surface area contributed by atoms with Crippen LogP contribution < -0.4 is 15.8 Å². The molecular formula is C14H13ClFN3O3S. The van der Waals surface area contributed by atoms with E-state index in [1.165, 1.54) is 36.4 Å². The summed E-state index contributed by atoms with van der Waals surface area (Å²) in [6.45, 7) is -0.0992. The minimum Gasteiger partial charge on any atom is -0.376 e. The van der Waals surface area contributed by atoms with Crippen molar-refractivity contribution in [3.63, 3.8) is 0 Å². The predicted octanol–water partition coefficient (Wildman–Crippen LogP) is 2.18. The van der Waals surface area contributed by atoms with Gasteiger partial charge >= 0.3 is 0 Å². The van der Waals surface area contributed by atoms with Crippen molar-refractivity contribution in [1.82, 2.24) is 0 Å². The first-order valence-electron chi connectivity index (χ1n) is 6.37. The summed E-state index contributed by atoms with van der Waals surface area (Å²) < 4.78 is 35.5. The highest BCUT2D eigenvalue weighted by Crippen LogP contribution is 2.18. The molecule has 23 heavy (non-hydrogen) atoms. The van der Waals surface area contributed by atoms with Crippen LogP contribution in [0.5, 0.6) is 0 Å². The normalized spacial score (nSPS) is 11.1. The van der Waals surface area contributed by atoms with Crippen LogP contribution in [0.15, 0.2) is 47.4 Å². The Hall–Kier alpha value is -2.16. The summed E-state index contributed by atoms with van der Waals surface area (Å²) >= 11 is 5.56. The second-order valence-corrected chi connectivity index (χ2v) is 6.57. The van der Waals surface area contributed by atoms with Crippen LogP contribution in [0.3, 0.4) is 0 Å². The fourth-order valence-corrected chi connectivity index (χ4v) is 2.35. The number of amides is 1. The van der Waals surface area contributed by atoms with Crippen LogP contribution in [0, 0.1) is 5.82 Å². The van der Waals surface area contributed by atoms with E-state index >= 15 is 0 Å². The highest BCUT2D eigenvalue weighted by atomic mass is 35.5. The molecule has 0 radical (unpaired) electrons. The Balaban J connectivity index is 1.93. The van der Waals surface area contributed by atoms with Gasteiger partial charge in [0.2, 0.25) is 15.9 Å². The van der Waals surface area contributed by atoms with Gasteiger partial charge in [0.05, 0.1) is 16.5 Å². The third-order valence-electron chi connectivity index (χ3n) is 2.84. The maximum absolute atomic E-state index is 13.3. The maximum atomic E-state index is 13.3. The number of primary sulfonamides is 1. The molecule has 0 atom stereocenters. The Morgan fingerprint density at radius 3 is 2.30 bits per heavy atom. The Morgan fingerprint density at radius 1 is 1.13 bits per heavy atom. The molecule has 2 aromatic rings. The van der Waals surface area contributed by atoms with E-state index in [9.17, 15) is 17.6 Å². The topological polar surface area (TPSA) is 101 Å². The van der Waals surface area contributed by atoms with Gasteiger partial charge in [-0.05, 0) is 42.5 Å². The molecule has 6 nitrogen and oxygen atoms in total. The van der Waals surface area contributed by atoms with Gasteiger partial charge in [0.15, 0.2) is 0 Å². The molecule has 0 saturated heterocycles. The standard InChI is InChI=1S/C14H13ClFN3O3S/c15-12-6-3-10(7-13(12)16)18-8-14(20)19-9-1-4-11(5-2-9)23(17,21)22/h1-7,18H,8H2,(H,19,20)(H2,17,21,22). The number of hydrogen-bond donors (Lipinski definition) is 3. The molecule has 0 unspecified atom stereocenters. The number of sulfonamides is 1. The summed E-state index contributed by atoms with van der Waals surface area (Å²) in [6.07, 6.45) is 0. The molecule has 1 amide bonds. The third kappa shape index (κ3) is 4.92. The number of carbonyl (C=O) groups is 1. The summed E-state index contributed by atoms with van der Waals surface area (Å²) in [6, 6.07) is 9.50. The van der Waals surface area contributed by atoms with Crippen molar-refractivity contribution in [1.29, 1.82) is 0 Å². The lowest BCUT2D eigenvalue weighted by atomic mass is 10.3. The highest BCUT2D eigenvalue weighted by Gasteiger charge is 2.08. The van der Waals surface area contributed by atoms with Crippen LogP contribution in [-0.2, 0) is 14.8 Å². The lowest BCUT2D eigenvalue weighted by molar-refractivity contribution is -0.114. The maximum Gasteiger partial charge on any atom is 0.243 e. The minimum atomic E-state index is -3.77. The summed E-state index contributed by atoms with van der Waals surface area (Å²) in [5.41, 5.74) is 0.818. The molecule has 0 bridgehead atoms. The summed E-state index contributed by atoms with van der Waals surface area (Å²) in [5.74, 6) is -0.973. The van der Waals surface area contributed by atoms with Crippen LogP contribution in [0.1, 0.15) is 0 Å². The lowest BCUT2D eigenvalue weighted by Crippen LogP contribution is -2.21. The average molecular weight is 358 g/mol. The molecule has 2 rings (SSSR count). The van der Waals surface area contributed by atoms with E-state index in [4.69, 9.17) is 16.7 Å². The summed E-state index contributed by atoms with van der Waals surface area (Å²) in [7, 11) is -3.77. The van der Waals surface area contributed by atoms with Crippen LogP contribution in [0.4, 0.5) is 15.8 Å². The number of nitrogens with two attached hydrogens (primary N) is 1. The Labute approximate surface area is 137 Å². The van der Waals surface area contributed by atoms with Gasteiger partial charge in [-0.15, -0.1) is 0 Å². The SMILES string of the molecule is NS(=O)(=O)c1ccc(NC(=O)CNc2ccc(Cl)c(F)c2)cc1. The van der Waals surface area contributed by atoms with Gasteiger partial charge in [0, 0.05) is 11.4 Å². The molecule has 122 valence electrons. The first-order chi connectivity index (χ1) is 10.8. The molecule has 9 heteroatoms. The van der Waals surface area contributed by atoms with Crippen LogP contribution in [0.25, 0.3) is 0 Å². The van der Waals surface area contributed by atoms with Gasteiger partial charge < -0.3 is 10.6 Å².